The molecule has 1 aromatic carbocycles. The van der Waals surface area contributed by atoms with Crippen LogP contribution >= 0.6 is 11.3 Å². The average Bonchev–Trinajstić information content (AvgIpc) is 3.07. The molecule has 28 heavy (non-hydrogen) atoms. The van der Waals surface area contributed by atoms with E-state index < -0.39 is 0 Å². The molecule has 144 valence electrons. The summed E-state index contributed by atoms with van der Waals surface area (Å²) in [4.78, 5) is 18.5. The Hall–Kier alpha value is -3.04. The van der Waals surface area contributed by atoms with E-state index in [1.54, 1.807) is 32.4 Å². The number of thiophene rings is 1. The first-order chi connectivity index (χ1) is 13.6. The average molecular weight is 398 g/mol. The highest BCUT2D eigenvalue weighted by Gasteiger charge is 2.19. The smallest absolute Gasteiger partial charge is 0.292 e. The number of methoxy groups -OCH3 is 3. The fourth-order valence-electron chi connectivity index (χ4n) is 3.15. The Balaban J connectivity index is 2.02. The Bertz CT molecular complexity index is 1250. The maximum atomic E-state index is 13.2. The minimum Gasteiger partial charge on any atom is -0.497 e. The Morgan fingerprint density at radius 2 is 1.96 bits per heavy atom. The van der Waals surface area contributed by atoms with Gasteiger partial charge in [-0.2, -0.15) is 4.68 Å². The molecule has 0 fully saturated rings. The fourth-order valence-corrected chi connectivity index (χ4v) is 4.28. The molecule has 0 spiro atoms. The van der Waals surface area contributed by atoms with Gasteiger partial charge in [0.05, 0.1) is 20.8 Å². The summed E-state index contributed by atoms with van der Waals surface area (Å²) in [7, 11) is 4.72. The van der Waals surface area contributed by atoms with E-state index in [0.29, 0.717) is 34.0 Å². The SMILES string of the molecule is COCc1cc(C)nc2sc3c(=O)n(-c4cc(OC)ccc4OC)nnc3c12. The second kappa shape index (κ2) is 7.17. The van der Waals surface area contributed by atoms with E-state index in [1.807, 2.05) is 13.0 Å². The lowest BCUT2D eigenvalue weighted by molar-refractivity contribution is 0.186. The van der Waals surface area contributed by atoms with Crippen LogP contribution in [0, 0.1) is 6.92 Å². The molecule has 0 N–H and O–H groups in total. The number of aryl methyl sites for hydroxylation is 1. The van der Waals surface area contributed by atoms with Crippen molar-refractivity contribution in [1.29, 1.82) is 0 Å². The molecule has 0 radical (unpaired) electrons. The maximum Gasteiger partial charge on any atom is 0.292 e. The summed E-state index contributed by atoms with van der Waals surface area (Å²) in [5.74, 6) is 1.08. The van der Waals surface area contributed by atoms with Crippen molar-refractivity contribution in [3.63, 3.8) is 0 Å². The van der Waals surface area contributed by atoms with E-state index in [4.69, 9.17) is 14.2 Å². The summed E-state index contributed by atoms with van der Waals surface area (Å²) in [6.07, 6.45) is 0. The van der Waals surface area contributed by atoms with Gasteiger partial charge in [0.25, 0.3) is 5.56 Å². The van der Waals surface area contributed by atoms with Crippen LogP contribution in [0.3, 0.4) is 0 Å². The normalized spacial score (nSPS) is 11.3. The molecule has 0 aliphatic rings. The molecule has 0 bridgehead atoms. The van der Waals surface area contributed by atoms with Crippen molar-refractivity contribution in [2.45, 2.75) is 13.5 Å². The summed E-state index contributed by atoms with van der Waals surface area (Å²) >= 11 is 1.30. The number of fused-ring (bicyclic) bond motifs is 3. The molecular weight excluding hydrogens is 380 g/mol. The van der Waals surface area contributed by atoms with Gasteiger partial charge in [-0.1, -0.05) is 5.21 Å². The van der Waals surface area contributed by atoms with Gasteiger partial charge in [0.2, 0.25) is 0 Å². The first kappa shape index (κ1) is 18.3. The van der Waals surface area contributed by atoms with Gasteiger partial charge < -0.3 is 14.2 Å². The standard InChI is InChI=1S/C19H18N4O4S/c1-10-7-11(9-25-2)15-16-17(28-18(15)20-10)19(24)23(22-21-16)13-8-12(26-3)5-6-14(13)27-4/h5-8H,9H2,1-4H3. The summed E-state index contributed by atoms with van der Waals surface area (Å²) in [5.41, 5.74) is 2.48. The monoisotopic (exact) mass is 398 g/mol. The van der Waals surface area contributed by atoms with Gasteiger partial charge in [-0.3, -0.25) is 4.79 Å². The van der Waals surface area contributed by atoms with Gasteiger partial charge in [-0.05, 0) is 30.7 Å². The number of rotatable bonds is 5. The van der Waals surface area contributed by atoms with Crippen LogP contribution in [0.15, 0.2) is 29.1 Å². The van der Waals surface area contributed by atoms with Crippen molar-refractivity contribution in [3.05, 3.63) is 45.9 Å². The minimum atomic E-state index is -0.291. The molecule has 0 unspecified atom stereocenters. The van der Waals surface area contributed by atoms with Crippen molar-refractivity contribution >= 4 is 31.8 Å². The lowest BCUT2D eigenvalue weighted by Crippen LogP contribution is -2.22. The molecule has 0 aliphatic heterocycles. The van der Waals surface area contributed by atoms with Gasteiger partial charge in [0.1, 0.15) is 32.2 Å². The van der Waals surface area contributed by atoms with Crippen LogP contribution in [0.25, 0.3) is 26.1 Å². The van der Waals surface area contributed by atoms with Crippen molar-refractivity contribution < 1.29 is 14.2 Å². The Kier molecular flexibility index (Phi) is 4.70. The zero-order valence-electron chi connectivity index (χ0n) is 15.8. The Morgan fingerprint density at radius 1 is 1.14 bits per heavy atom. The van der Waals surface area contributed by atoms with Crippen molar-refractivity contribution in [1.82, 2.24) is 20.0 Å². The molecule has 9 heteroatoms. The van der Waals surface area contributed by atoms with E-state index in [-0.39, 0.29) is 5.56 Å². The quantitative estimate of drug-likeness (QED) is 0.511. The molecule has 3 aromatic heterocycles. The number of aromatic nitrogens is 4. The zero-order valence-corrected chi connectivity index (χ0v) is 16.7. The number of pyridine rings is 1. The Labute approximate surface area is 164 Å². The van der Waals surface area contributed by atoms with Crippen LogP contribution in [0.1, 0.15) is 11.3 Å². The summed E-state index contributed by atoms with van der Waals surface area (Å²) in [6, 6.07) is 7.10. The van der Waals surface area contributed by atoms with Gasteiger partial charge >= 0.3 is 0 Å². The van der Waals surface area contributed by atoms with E-state index in [2.05, 4.69) is 15.3 Å². The topological polar surface area (TPSA) is 88.4 Å². The van der Waals surface area contributed by atoms with Crippen LogP contribution in [0.5, 0.6) is 11.5 Å². The molecule has 8 nitrogen and oxygen atoms in total. The van der Waals surface area contributed by atoms with Crippen molar-refractivity contribution in [2.75, 3.05) is 21.3 Å². The van der Waals surface area contributed by atoms with Gasteiger partial charge in [0.15, 0.2) is 0 Å². The molecule has 3 heterocycles. The third kappa shape index (κ3) is 2.88. The highest BCUT2D eigenvalue weighted by Crippen LogP contribution is 2.33. The van der Waals surface area contributed by atoms with Crippen LogP contribution in [0.4, 0.5) is 0 Å². The van der Waals surface area contributed by atoms with Gasteiger partial charge in [-0.25, -0.2) is 4.98 Å². The summed E-state index contributed by atoms with van der Waals surface area (Å²) in [6.45, 7) is 2.31. The predicted octanol–water partition coefficient (Wildman–Crippen LogP) is 2.86. The molecule has 4 aromatic rings. The van der Waals surface area contributed by atoms with E-state index >= 15 is 0 Å². The molecule has 4 rings (SSSR count). The third-order valence-corrected chi connectivity index (χ3v) is 5.44. The van der Waals surface area contributed by atoms with Crippen molar-refractivity contribution in [2.24, 2.45) is 0 Å². The molecule has 0 amide bonds. The zero-order chi connectivity index (χ0) is 19.8. The van der Waals surface area contributed by atoms with Crippen molar-refractivity contribution in [3.8, 4) is 17.2 Å². The number of hydrogen-bond acceptors (Lipinski definition) is 8. The third-order valence-electron chi connectivity index (χ3n) is 4.38. The lowest BCUT2D eigenvalue weighted by Gasteiger charge is -2.10. The summed E-state index contributed by atoms with van der Waals surface area (Å²) in [5, 5.41) is 9.31. The fraction of sp³-hybridized carbons (Fsp3) is 0.263. The van der Waals surface area contributed by atoms with Crippen LogP contribution < -0.4 is 15.0 Å². The largest absolute Gasteiger partial charge is 0.497 e. The molecular formula is C19H18N4O4S. The van der Waals surface area contributed by atoms with E-state index in [1.165, 1.54) is 23.1 Å². The number of ether oxygens (including phenoxy) is 3. The van der Waals surface area contributed by atoms with Crippen LogP contribution in [-0.4, -0.2) is 41.3 Å². The lowest BCUT2D eigenvalue weighted by atomic mass is 10.1. The van der Waals surface area contributed by atoms with Gasteiger partial charge in [0, 0.05) is 24.3 Å². The van der Waals surface area contributed by atoms with Crippen LogP contribution in [0.2, 0.25) is 0 Å². The maximum absolute atomic E-state index is 13.2. The number of nitrogens with zero attached hydrogens (tertiary/aromatic N) is 4. The van der Waals surface area contributed by atoms with E-state index in [9.17, 15) is 4.79 Å². The molecule has 0 atom stereocenters. The first-order valence-corrected chi connectivity index (χ1v) is 9.29. The van der Waals surface area contributed by atoms with Gasteiger partial charge in [-0.15, -0.1) is 16.4 Å². The molecule has 0 saturated carbocycles. The van der Waals surface area contributed by atoms with E-state index in [0.717, 1.165) is 21.5 Å². The second-order valence-corrected chi connectivity index (χ2v) is 7.16. The van der Waals surface area contributed by atoms with Crippen LogP contribution in [-0.2, 0) is 11.3 Å². The Morgan fingerprint density at radius 3 is 2.68 bits per heavy atom. The highest BCUT2D eigenvalue weighted by molar-refractivity contribution is 7.25. The minimum absolute atomic E-state index is 0.291. The first-order valence-electron chi connectivity index (χ1n) is 8.47. The summed E-state index contributed by atoms with van der Waals surface area (Å²) < 4.78 is 17.7. The number of hydrogen-bond donors (Lipinski definition) is 0. The molecule has 0 saturated heterocycles. The number of benzene rings is 1. The predicted molar refractivity (Wildman–Crippen MR) is 107 cm³/mol. The second-order valence-electron chi connectivity index (χ2n) is 6.16. The highest BCUT2D eigenvalue weighted by atomic mass is 32.1. The molecule has 0 aliphatic carbocycles.